The monoisotopic (exact) mass is 374 g/mol. The third kappa shape index (κ3) is 2.23. The average molecular weight is 374 g/mol. The fraction of sp³-hybridized carbons (Fsp3) is 0.111. The zero-order chi connectivity index (χ0) is 19.4. The first-order valence-electron chi connectivity index (χ1n) is 10.2. The number of benzene rings is 4. The number of hydrogen-bond donors (Lipinski definition) is 2. The molecule has 2 atom stereocenters. The van der Waals surface area contributed by atoms with Crippen LogP contribution in [0.2, 0.25) is 0 Å². The molecule has 0 saturated carbocycles. The van der Waals surface area contributed by atoms with E-state index in [-0.39, 0.29) is 11.5 Å². The van der Waals surface area contributed by atoms with Crippen molar-refractivity contribution in [1.82, 2.24) is 4.98 Å². The molecule has 0 spiro atoms. The molecule has 2 heterocycles. The number of para-hydroxylation sites is 1. The first kappa shape index (κ1) is 16.4. The van der Waals surface area contributed by atoms with E-state index in [4.69, 9.17) is 0 Å². The molecule has 2 heteroatoms. The van der Waals surface area contributed by atoms with Crippen LogP contribution in [0.15, 0.2) is 97.1 Å². The van der Waals surface area contributed by atoms with Gasteiger partial charge in [0.25, 0.3) is 0 Å². The summed E-state index contributed by atoms with van der Waals surface area (Å²) < 4.78 is 0. The average Bonchev–Trinajstić information content (AvgIpc) is 3.31. The van der Waals surface area contributed by atoms with Gasteiger partial charge in [0.1, 0.15) is 0 Å². The maximum Gasteiger partial charge on any atom is 0.0649 e. The summed E-state index contributed by atoms with van der Waals surface area (Å²) in [6, 6.07) is 35.0. The zero-order valence-electron chi connectivity index (χ0n) is 16.3. The van der Waals surface area contributed by atoms with Crippen LogP contribution in [0.1, 0.15) is 29.7 Å². The minimum absolute atomic E-state index is 0.162. The molecule has 4 aromatic carbocycles. The molecule has 0 saturated heterocycles. The van der Waals surface area contributed by atoms with Crippen molar-refractivity contribution in [1.29, 1.82) is 0 Å². The second kappa shape index (κ2) is 5.99. The summed E-state index contributed by atoms with van der Waals surface area (Å²) in [5, 5.41) is 6.51. The molecule has 1 aromatic heterocycles. The predicted octanol–water partition coefficient (Wildman–Crippen LogP) is 6.79. The van der Waals surface area contributed by atoms with E-state index in [9.17, 15) is 0 Å². The molecule has 140 valence electrons. The molecule has 0 fully saturated rings. The van der Waals surface area contributed by atoms with E-state index in [2.05, 4.69) is 114 Å². The van der Waals surface area contributed by atoms with E-state index in [1.807, 2.05) is 0 Å². The van der Waals surface area contributed by atoms with Crippen LogP contribution in [0.4, 0.5) is 5.69 Å². The Hall–Kier alpha value is -3.52. The van der Waals surface area contributed by atoms with Crippen molar-refractivity contribution in [2.75, 3.05) is 5.32 Å². The van der Waals surface area contributed by atoms with Gasteiger partial charge >= 0.3 is 0 Å². The molecular formula is C27H22N2. The van der Waals surface area contributed by atoms with Gasteiger partial charge in [-0.05, 0) is 35.7 Å². The van der Waals surface area contributed by atoms with Crippen LogP contribution >= 0.6 is 0 Å². The van der Waals surface area contributed by atoms with Crippen molar-refractivity contribution < 1.29 is 0 Å². The maximum absolute atomic E-state index is 3.94. The smallest absolute Gasteiger partial charge is 0.0649 e. The number of hydrogen-bond acceptors (Lipinski definition) is 1. The second-order valence-corrected chi connectivity index (χ2v) is 8.14. The molecular weight excluding hydrogens is 352 g/mol. The normalized spacial score (nSPS) is 20.7. The minimum Gasteiger partial charge on any atom is -0.376 e. The third-order valence-electron chi connectivity index (χ3n) is 6.60. The predicted molar refractivity (Wildman–Crippen MR) is 122 cm³/mol. The topological polar surface area (TPSA) is 27.8 Å². The van der Waals surface area contributed by atoms with E-state index >= 15 is 0 Å². The number of fused-ring (bicyclic) bond motifs is 5. The molecule has 1 aliphatic heterocycles. The molecule has 0 amide bonds. The van der Waals surface area contributed by atoms with E-state index < -0.39 is 0 Å². The van der Waals surface area contributed by atoms with Crippen molar-refractivity contribution in [2.45, 2.75) is 18.4 Å². The number of H-pyrrole nitrogens is 1. The molecule has 2 nitrogen and oxygen atoms in total. The van der Waals surface area contributed by atoms with Crippen molar-refractivity contribution in [3.8, 4) is 0 Å². The lowest BCUT2D eigenvalue weighted by Gasteiger charge is -2.33. The quantitative estimate of drug-likeness (QED) is 0.350. The molecule has 6 rings (SSSR count). The van der Waals surface area contributed by atoms with Crippen LogP contribution in [0.5, 0.6) is 0 Å². The number of anilines is 1. The Labute approximate surface area is 170 Å². The summed E-state index contributed by atoms with van der Waals surface area (Å²) in [4.78, 5) is 3.59. The molecule has 0 aliphatic carbocycles. The van der Waals surface area contributed by atoms with E-state index in [0.29, 0.717) is 0 Å². The lowest BCUT2D eigenvalue weighted by atomic mass is 9.71. The van der Waals surface area contributed by atoms with Crippen molar-refractivity contribution >= 4 is 27.5 Å². The van der Waals surface area contributed by atoms with Crippen molar-refractivity contribution in [3.05, 3.63) is 114 Å². The SMILES string of the molecule is CC1(c2ccccc2)c2ccc3[nH]c4ccccc4c3c2NC1c1ccccc1. The molecule has 0 bridgehead atoms. The van der Waals surface area contributed by atoms with Gasteiger partial charge in [-0.1, -0.05) is 84.9 Å². The van der Waals surface area contributed by atoms with Crippen molar-refractivity contribution in [2.24, 2.45) is 0 Å². The van der Waals surface area contributed by atoms with Crippen molar-refractivity contribution in [3.63, 3.8) is 0 Å². The van der Waals surface area contributed by atoms with Gasteiger partial charge < -0.3 is 10.3 Å². The molecule has 29 heavy (non-hydrogen) atoms. The van der Waals surface area contributed by atoms with Gasteiger partial charge in [0.05, 0.1) is 6.04 Å². The molecule has 5 aromatic rings. The fourth-order valence-corrected chi connectivity index (χ4v) is 5.14. The van der Waals surface area contributed by atoms with Crippen LogP contribution in [-0.2, 0) is 5.41 Å². The largest absolute Gasteiger partial charge is 0.376 e. The van der Waals surface area contributed by atoms with Gasteiger partial charge in [-0.25, -0.2) is 0 Å². The lowest BCUT2D eigenvalue weighted by molar-refractivity contribution is 0.514. The Bertz CT molecular complexity index is 1330. The number of rotatable bonds is 2. The first-order valence-corrected chi connectivity index (χ1v) is 10.2. The highest BCUT2D eigenvalue weighted by Gasteiger charge is 2.46. The minimum atomic E-state index is -0.162. The molecule has 2 N–H and O–H groups in total. The van der Waals surface area contributed by atoms with Crippen LogP contribution in [0, 0.1) is 0 Å². The fourth-order valence-electron chi connectivity index (χ4n) is 5.14. The summed E-state index contributed by atoms with van der Waals surface area (Å²) in [6.07, 6.45) is 0. The van der Waals surface area contributed by atoms with Crippen LogP contribution in [0.25, 0.3) is 21.8 Å². The van der Waals surface area contributed by atoms with Gasteiger partial charge in [0.2, 0.25) is 0 Å². The first-order chi connectivity index (χ1) is 14.3. The number of aromatic nitrogens is 1. The van der Waals surface area contributed by atoms with Gasteiger partial charge in [-0.2, -0.15) is 0 Å². The van der Waals surface area contributed by atoms with Crippen LogP contribution < -0.4 is 5.32 Å². The molecule has 1 aliphatic rings. The summed E-state index contributed by atoms with van der Waals surface area (Å²) in [7, 11) is 0. The lowest BCUT2D eigenvalue weighted by Crippen LogP contribution is -2.30. The van der Waals surface area contributed by atoms with Gasteiger partial charge in [-0.15, -0.1) is 0 Å². The zero-order valence-corrected chi connectivity index (χ0v) is 16.3. The Kier molecular flexibility index (Phi) is 3.39. The Balaban J connectivity index is 1.69. The standard InChI is InChI=1S/C27H22N2/c1-27(19-12-6-3-7-13-19)21-16-17-23-24(20-14-8-9-15-22(20)28-23)25(21)29-26(27)18-10-4-2-5-11-18/h2-17,26,28-29H,1H3. The Morgan fingerprint density at radius 1 is 0.690 bits per heavy atom. The highest BCUT2D eigenvalue weighted by Crippen LogP contribution is 2.55. The van der Waals surface area contributed by atoms with Gasteiger partial charge in [-0.3, -0.25) is 0 Å². The summed E-state index contributed by atoms with van der Waals surface area (Å²) in [5.74, 6) is 0. The Morgan fingerprint density at radius 3 is 2.17 bits per heavy atom. The van der Waals surface area contributed by atoms with Crippen LogP contribution in [0.3, 0.4) is 0 Å². The number of nitrogens with one attached hydrogen (secondary N) is 2. The highest BCUT2D eigenvalue weighted by atomic mass is 15.0. The highest BCUT2D eigenvalue weighted by molar-refractivity contribution is 6.14. The third-order valence-corrected chi connectivity index (χ3v) is 6.60. The van der Waals surface area contributed by atoms with Gasteiger partial charge in [0.15, 0.2) is 0 Å². The van der Waals surface area contributed by atoms with E-state index in [1.54, 1.807) is 0 Å². The van der Waals surface area contributed by atoms with E-state index in [0.717, 1.165) is 0 Å². The summed E-state index contributed by atoms with van der Waals surface area (Å²) >= 11 is 0. The van der Waals surface area contributed by atoms with E-state index in [1.165, 1.54) is 44.2 Å². The molecule has 0 radical (unpaired) electrons. The maximum atomic E-state index is 3.94. The summed E-state index contributed by atoms with van der Waals surface area (Å²) in [6.45, 7) is 2.37. The number of aromatic amines is 1. The second-order valence-electron chi connectivity index (χ2n) is 8.14. The Morgan fingerprint density at radius 2 is 1.38 bits per heavy atom. The summed E-state index contributed by atoms with van der Waals surface area (Å²) in [5.41, 5.74) is 7.45. The van der Waals surface area contributed by atoms with Gasteiger partial charge in [0, 0.05) is 32.9 Å². The molecule has 2 unspecified atom stereocenters. The van der Waals surface area contributed by atoms with Crippen LogP contribution in [-0.4, -0.2) is 4.98 Å².